The molecule has 0 aliphatic carbocycles. The van der Waals surface area contributed by atoms with Crippen LogP contribution in [0.5, 0.6) is 0 Å². The number of fused-ring (bicyclic) bond motifs is 1. The highest BCUT2D eigenvalue weighted by atomic mass is 19.2. The minimum absolute atomic E-state index is 0.524. The van der Waals surface area contributed by atoms with E-state index in [1.165, 1.54) is 6.07 Å². The standard InChI is InChI=1S/C25H27F2N7/c26-19-3-2-17(14-20(19)27)24-25(31-7-1-6-30-24)22-5-4-21-23(33-22)15-18(16-32-21)29-10-13-34-11-8-28-9-12-34/h1-6,14-16,28-31H,7-13H2. The van der Waals surface area contributed by atoms with Crippen LogP contribution in [0.4, 0.5) is 14.5 Å². The third kappa shape index (κ3) is 5.00. The maximum absolute atomic E-state index is 13.9. The molecule has 9 heteroatoms. The van der Waals surface area contributed by atoms with Gasteiger partial charge >= 0.3 is 0 Å². The molecule has 1 fully saturated rings. The van der Waals surface area contributed by atoms with E-state index in [4.69, 9.17) is 4.98 Å². The molecule has 7 nitrogen and oxygen atoms in total. The minimum Gasteiger partial charge on any atom is -0.382 e. The number of anilines is 1. The van der Waals surface area contributed by atoms with E-state index < -0.39 is 11.6 Å². The topological polar surface area (TPSA) is 77.1 Å². The quantitative estimate of drug-likeness (QED) is 0.448. The summed E-state index contributed by atoms with van der Waals surface area (Å²) in [5.41, 5.74) is 4.98. The molecule has 3 aromatic rings. The van der Waals surface area contributed by atoms with E-state index >= 15 is 0 Å². The SMILES string of the molecule is Fc1ccc(C2=C(c3ccc4ncc(NCCN5CCNCC5)cc4n3)NCC=CN2)cc1F. The van der Waals surface area contributed by atoms with Gasteiger partial charge in [0.25, 0.3) is 0 Å². The predicted octanol–water partition coefficient (Wildman–Crippen LogP) is 2.76. The Bertz CT molecular complexity index is 1240. The highest BCUT2D eigenvalue weighted by molar-refractivity contribution is 5.90. The van der Waals surface area contributed by atoms with Crippen molar-refractivity contribution < 1.29 is 8.78 Å². The monoisotopic (exact) mass is 463 g/mol. The van der Waals surface area contributed by atoms with Crippen molar-refractivity contribution in [2.75, 3.05) is 51.1 Å². The Labute approximate surface area is 197 Å². The van der Waals surface area contributed by atoms with Gasteiger partial charge in [0.05, 0.1) is 40.0 Å². The highest BCUT2D eigenvalue weighted by Crippen LogP contribution is 2.26. The van der Waals surface area contributed by atoms with Gasteiger partial charge in [-0.25, -0.2) is 13.8 Å². The molecular weight excluding hydrogens is 436 g/mol. The Hall–Kier alpha value is -3.56. The van der Waals surface area contributed by atoms with Gasteiger partial charge in [-0.2, -0.15) is 0 Å². The molecule has 34 heavy (non-hydrogen) atoms. The van der Waals surface area contributed by atoms with Crippen molar-refractivity contribution >= 4 is 28.1 Å². The Morgan fingerprint density at radius 3 is 2.71 bits per heavy atom. The number of hydrogen-bond acceptors (Lipinski definition) is 7. The first-order chi connectivity index (χ1) is 16.7. The molecule has 5 rings (SSSR count). The number of nitrogens with zero attached hydrogens (tertiary/aromatic N) is 3. The third-order valence-corrected chi connectivity index (χ3v) is 5.96. The zero-order valence-electron chi connectivity index (χ0n) is 18.7. The van der Waals surface area contributed by atoms with Crippen LogP contribution in [0, 0.1) is 11.6 Å². The summed E-state index contributed by atoms with van der Waals surface area (Å²) in [6, 6.07) is 9.64. The number of piperazine rings is 1. The van der Waals surface area contributed by atoms with E-state index in [1.807, 2.05) is 30.5 Å². The van der Waals surface area contributed by atoms with Crippen LogP contribution in [-0.2, 0) is 0 Å². The molecule has 0 atom stereocenters. The van der Waals surface area contributed by atoms with Gasteiger partial charge in [0.15, 0.2) is 11.6 Å². The summed E-state index contributed by atoms with van der Waals surface area (Å²) in [6.45, 7) is 6.56. The van der Waals surface area contributed by atoms with Crippen LogP contribution in [0.2, 0.25) is 0 Å². The summed E-state index contributed by atoms with van der Waals surface area (Å²) in [7, 11) is 0. The van der Waals surface area contributed by atoms with Gasteiger partial charge in [-0.1, -0.05) is 0 Å². The molecule has 0 bridgehead atoms. The third-order valence-electron chi connectivity index (χ3n) is 5.96. The molecule has 2 aliphatic heterocycles. The molecule has 4 N–H and O–H groups in total. The maximum Gasteiger partial charge on any atom is 0.159 e. The second-order valence-electron chi connectivity index (χ2n) is 8.28. The van der Waals surface area contributed by atoms with Crippen molar-refractivity contribution in [2.45, 2.75) is 0 Å². The maximum atomic E-state index is 13.9. The first-order valence-electron chi connectivity index (χ1n) is 11.5. The average molecular weight is 464 g/mol. The van der Waals surface area contributed by atoms with Crippen molar-refractivity contribution in [1.82, 2.24) is 30.8 Å². The van der Waals surface area contributed by atoms with Crippen molar-refractivity contribution in [3.8, 4) is 0 Å². The number of halogens is 2. The van der Waals surface area contributed by atoms with Gasteiger partial charge in [0, 0.05) is 51.4 Å². The van der Waals surface area contributed by atoms with E-state index in [2.05, 4.69) is 31.2 Å². The van der Waals surface area contributed by atoms with Gasteiger partial charge in [-0.15, -0.1) is 0 Å². The van der Waals surface area contributed by atoms with Crippen molar-refractivity contribution in [1.29, 1.82) is 0 Å². The fourth-order valence-electron chi connectivity index (χ4n) is 4.16. The lowest BCUT2D eigenvalue weighted by Gasteiger charge is -2.27. The number of benzene rings is 1. The lowest BCUT2D eigenvalue weighted by atomic mass is 10.1. The van der Waals surface area contributed by atoms with Crippen LogP contribution in [0.3, 0.4) is 0 Å². The summed E-state index contributed by atoms with van der Waals surface area (Å²) >= 11 is 0. The van der Waals surface area contributed by atoms with Crippen LogP contribution >= 0.6 is 0 Å². The first kappa shape index (κ1) is 22.2. The van der Waals surface area contributed by atoms with Gasteiger partial charge in [0.1, 0.15) is 0 Å². The second kappa shape index (κ2) is 10.1. The van der Waals surface area contributed by atoms with Gasteiger partial charge in [-0.05, 0) is 48.7 Å². The van der Waals surface area contributed by atoms with E-state index in [9.17, 15) is 8.78 Å². The number of rotatable bonds is 6. The highest BCUT2D eigenvalue weighted by Gasteiger charge is 2.16. The summed E-state index contributed by atoms with van der Waals surface area (Å²) < 4.78 is 27.4. The minimum atomic E-state index is -0.897. The Morgan fingerprint density at radius 1 is 0.971 bits per heavy atom. The van der Waals surface area contributed by atoms with Crippen LogP contribution < -0.4 is 21.3 Å². The number of hydrogen-bond donors (Lipinski definition) is 4. The Balaban J connectivity index is 1.41. The number of nitrogens with one attached hydrogen (secondary N) is 4. The molecule has 0 radical (unpaired) electrons. The lowest BCUT2D eigenvalue weighted by molar-refractivity contribution is 0.249. The lowest BCUT2D eigenvalue weighted by Crippen LogP contribution is -2.45. The summed E-state index contributed by atoms with van der Waals surface area (Å²) in [4.78, 5) is 11.8. The smallest absolute Gasteiger partial charge is 0.159 e. The molecule has 1 aromatic carbocycles. The molecule has 176 valence electrons. The van der Waals surface area contributed by atoms with Crippen molar-refractivity contribution in [3.63, 3.8) is 0 Å². The van der Waals surface area contributed by atoms with Gasteiger partial charge in [0.2, 0.25) is 0 Å². The fraction of sp³-hybridized carbons (Fsp3) is 0.280. The van der Waals surface area contributed by atoms with E-state index in [1.54, 1.807) is 12.3 Å². The summed E-state index contributed by atoms with van der Waals surface area (Å²) in [6.07, 6.45) is 5.51. The van der Waals surface area contributed by atoms with Crippen molar-refractivity contribution in [3.05, 3.63) is 77.8 Å². The second-order valence-corrected chi connectivity index (χ2v) is 8.28. The molecule has 0 unspecified atom stereocenters. The van der Waals surface area contributed by atoms with E-state index in [-0.39, 0.29) is 0 Å². The molecule has 2 aromatic heterocycles. The molecule has 0 amide bonds. The fourth-order valence-corrected chi connectivity index (χ4v) is 4.16. The molecule has 1 saturated heterocycles. The molecule has 2 aliphatic rings. The van der Waals surface area contributed by atoms with Crippen LogP contribution in [0.15, 0.2) is 54.9 Å². The molecule has 0 spiro atoms. The molecule has 4 heterocycles. The molecular formula is C25H27F2N7. The van der Waals surface area contributed by atoms with Crippen LogP contribution in [0.25, 0.3) is 22.4 Å². The Kier molecular flexibility index (Phi) is 6.64. The largest absolute Gasteiger partial charge is 0.382 e. The average Bonchev–Trinajstić information content (AvgIpc) is 3.12. The van der Waals surface area contributed by atoms with Crippen LogP contribution in [0.1, 0.15) is 11.3 Å². The van der Waals surface area contributed by atoms with E-state index in [0.29, 0.717) is 29.2 Å². The first-order valence-corrected chi connectivity index (χ1v) is 11.5. The normalized spacial score (nSPS) is 16.8. The summed E-state index contributed by atoms with van der Waals surface area (Å²) in [5, 5.41) is 13.3. The van der Waals surface area contributed by atoms with Gasteiger partial charge in [-0.3, -0.25) is 9.88 Å². The van der Waals surface area contributed by atoms with E-state index in [0.717, 1.165) is 62.1 Å². The molecule has 0 saturated carbocycles. The zero-order valence-corrected chi connectivity index (χ0v) is 18.7. The van der Waals surface area contributed by atoms with Crippen LogP contribution in [-0.4, -0.2) is 60.7 Å². The Morgan fingerprint density at radius 2 is 1.85 bits per heavy atom. The predicted molar refractivity (Wildman–Crippen MR) is 131 cm³/mol. The summed E-state index contributed by atoms with van der Waals surface area (Å²) in [5.74, 6) is -1.78. The van der Waals surface area contributed by atoms with Crippen molar-refractivity contribution in [2.24, 2.45) is 0 Å². The van der Waals surface area contributed by atoms with Gasteiger partial charge < -0.3 is 21.3 Å². The number of aromatic nitrogens is 2. The zero-order chi connectivity index (χ0) is 23.3. The number of pyridine rings is 2.